The molecule has 6 aromatic rings. The van der Waals surface area contributed by atoms with Gasteiger partial charge in [-0.15, -0.1) is 0 Å². The smallest absolute Gasteiger partial charge is 0.490 e. The summed E-state index contributed by atoms with van der Waals surface area (Å²) in [6, 6.07) is 17.8. The molecule has 0 radical (unpaired) electrons. The van der Waals surface area contributed by atoms with Gasteiger partial charge in [0.05, 0.1) is 24.0 Å². The molecule has 10 rings (SSSR count). The van der Waals surface area contributed by atoms with Gasteiger partial charge in [-0.05, 0) is 157 Å². The maximum absolute atomic E-state index is 13.3. The number of carbonyl (C=O) groups excluding carboxylic acids is 1. The van der Waals surface area contributed by atoms with Crippen molar-refractivity contribution in [1.82, 2.24) is 39.3 Å². The average molecular weight is 1480 g/mol. The number of sulfonamides is 2. The van der Waals surface area contributed by atoms with Crippen LogP contribution in [0, 0.1) is 0 Å². The summed E-state index contributed by atoms with van der Waals surface area (Å²) < 4.78 is 134. The van der Waals surface area contributed by atoms with Crippen molar-refractivity contribution in [1.29, 1.82) is 0 Å². The van der Waals surface area contributed by atoms with Gasteiger partial charge in [0.1, 0.15) is 76.7 Å². The molecule has 0 bridgehead atoms. The van der Waals surface area contributed by atoms with E-state index in [1.165, 1.54) is 74.4 Å². The number of anilines is 6. The van der Waals surface area contributed by atoms with Crippen molar-refractivity contribution in [3.63, 3.8) is 0 Å². The Morgan fingerprint density at radius 1 is 0.627 bits per heavy atom. The molecule has 2 atom stereocenters. The molecule has 4 aliphatic heterocycles. The zero-order valence-corrected chi connectivity index (χ0v) is 58.9. The fraction of sp³-hybridized carbons (Fsp3) is 0.485. The molecular formula is C66H86F6N14O14S2. The van der Waals surface area contributed by atoms with Gasteiger partial charge in [-0.3, -0.25) is 14.4 Å². The summed E-state index contributed by atoms with van der Waals surface area (Å²) in [6.07, 6.45) is 7.35. The van der Waals surface area contributed by atoms with Gasteiger partial charge in [0.25, 0.3) is 6.47 Å². The molecule has 28 nitrogen and oxygen atoms in total. The molecule has 9 N–H and O–H groups in total. The Labute approximate surface area is 587 Å². The van der Waals surface area contributed by atoms with Crippen LogP contribution in [-0.4, -0.2) is 184 Å². The van der Waals surface area contributed by atoms with Gasteiger partial charge in [-0.2, -0.15) is 35.8 Å². The van der Waals surface area contributed by atoms with Crippen LogP contribution in [-0.2, 0) is 69.6 Å². The molecule has 0 spiro atoms. The summed E-state index contributed by atoms with van der Waals surface area (Å²) in [5, 5.41) is 36.9. The summed E-state index contributed by atoms with van der Waals surface area (Å²) in [5.74, 6) is 1.74. The van der Waals surface area contributed by atoms with Gasteiger partial charge in [-0.1, -0.05) is 26.0 Å². The Hall–Kier alpha value is -9.42. The van der Waals surface area contributed by atoms with Gasteiger partial charge in [0, 0.05) is 86.7 Å². The lowest BCUT2D eigenvalue weighted by Crippen LogP contribution is -2.48. The first-order valence-corrected chi connectivity index (χ1v) is 35.5. The molecule has 0 saturated carbocycles. The third-order valence-electron chi connectivity index (χ3n) is 16.3. The van der Waals surface area contributed by atoms with Gasteiger partial charge in [0.2, 0.25) is 20.0 Å². The number of alkyl halides is 6. The number of carbonyl (C=O) groups is 4. The van der Waals surface area contributed by atoms with Crippen LogP contribution < -0.4 is 50.0 Å². The largest absolute Gasteiger partial charge is 0.497 e. The lowest BCUT2D eigenvalue weighted by molar-refractivity contribution is -0.192. The van der Waals surface area contributed by atoms with Crippen LogP contribution in [0.3, 0.4) is 0 Å². The van der Waals surface area contributed by atoms with E-state index >= 15 is 0 Å². The number of nitrogens with one attached hydrogen (secondary N) is 6. The highest BCUT2D eigenvalue weighted by Gasteiger charge is 2.38. The van der Waals surface area contributed by atoms with Crippen LogP contribution >= 0.6 is 0 Å². The van der Waals surface area contributed by atoms with Gasteiger partial charge in [0.15, 0.2) is 0 Å². The Morgan fingerprint density at radius 3 is 1.32 bits per heavy atom. The predicted molar refractivity (Wildman–Crippen MR) is 367 cm³/mol. The number of aromatic nitrogens is 6. The standard InChI is InChI=1S/C33H45N7O5S.C29H37N7O5S.C2HF3O2.CHF3.CH2O2/c1-6-26-30(35-20-28(32(41)45-33(2,3)4)39-46(42,43)25-12-10-24(44-5)11-13-25)36-21-37-31(26)40-18-15-22(16-19-40)27-14-9-23-8-7-17-34-29(23)38-27;1-3-23-27(31-17-25(29(37)38)35-42(39,40)22-9-7-21(41-2)8-10-22)32-18-33-28(23)36-15-12-19(13-16-36)24-11-6-20-5-4-14-30-26(20)34-24;3-2(4,5)1(6)7;2-1(3)4;2-1-3/h9-14,21-22,28,39H,6-8,15-20H2,1-5H3,(H,34,38)(H,35,36,37);6-11,18-19,25,35H,3-5,12-17H2,1-2H3,(H,30,34)(H,37,38)(H,31,32,33);(H,6,7);1H;1H,(H,2,3)/t28-;25-;;;/m00.../s1. The number of hydrogen-bond donors (Lipinski definition) is 9. The molecule has 0 amide bonds. The lowest BCUT2D eigenvalue weighted by atomic mass is 9.92. The van der Waals surface area contributed by atoms with E-state index in [0.717, 1.165) is 136 Å². The third-order valence-corrected chi connectivity index (χ3v) is 19.3. The van der Waals surface area contributed by atoms with Crippen molar-refractivity contribution in [2.75, 3.05) is 97.6 Å². The zero-order valence-electron chi connectivity index (χ0n) is 57.3. The number of carboxylic acids is 2. The summed E-state index contributed by atoms with van der Waals surface area (Å²) in [5.41, 5.74) is 5.79. The number of piperidine rings is 2. The Kier molecular flexibility index (Phi) is 30.4. The number of esters is 1. The molecule has 102 heavy (non-hydrogen) atoms. The van der Waals surface area contributed by atoms with Crippen molar-refractivity contribution < 1.29 is 91.9 Å². The zero-order chi connectivity index (χ0) is 75.0. The number of nitrogens with zero attached hydrogens (tertiary/aromatic N) is 8. The van der Waals surface area contributed by atoms with Crippen LogP contribution in [0.15, 0.2) is 95.2 Å². The Balaban J connectivity index is 0.000000271. The minimum absolute atomic E-state index is 0.00526. The molecule has 4 aliphatic rings. The molecule has 0 aliphatic carbocycles. The maximum atomic E-state index is 13.3. The van der Waals surface area contributed by atoms with Crippen LogP contribution in [0.5, 0.6) is 11.5 Å². The molecule has 8 heterocycles. The van der Waals surface area contributed by atoms with E-state index in [4.69, 9.17) is 44.0 Å². The van der Waals surface area contributed by atoms with E-state index in [1.807, 2.05) is 13.8 Å². The van der Waals surface area contributed by atoms with E-state index in [1.54, 1.807) is 32.9 Å². The predicted octanol–water partition coefficient (Wildman–Crippen LogP) is 8.83. The fourth-order valence-corrected chi connectivity index (χ4v) is 13.7. The number of aryl methyl sites for hydroxylation is 2. The third kappa shape index (κ3) is 24.1. The Bertz CT molecular complexity index is 3960. The highest BCUT2D eigenvalue weighted by Crippen LogP contribution is 2.36. The summed E-state index contributed by atoms with van der Waals surface area (Å²) in [4.78, 5) is 74.9. The maximum Gasteiger partial charge on any atom is 0.490 e. The molecule has 36 heteroatoms. The van der Waals surface area contributed by atoms with Crippen LogP contribution in [0.2, 0.25) is 0 Å². The second-order valence-electron chi connectivity index (χ2n) is 24.3. The van der Waals surface area contributed by atoms with Crippen molar-refractivity contribution >= 4 is 79.3 Å². The highest BCUT2D eigenvalue weighted by molar-refractivity contribution is 7.89. The monoisotopic (exact) mass is 1480 g/mol. The van der Waals surface area contributed by atoms with E-state index < -0.39 is 68.5 Å². The highest BCUT2D eigenvalue weighted by atomic mass is 32.2. The second kappa shape index (κ2) is 38.0. The Morgan fingerprint density at radius 2 is 0.990 bits per heavy atom. The van der Waals surface area contributed by atoms with Crippen molar-refractivity contribution in [3.8, 4) is 11.5 Å². The second-order valence-corrected chi connectivity index (χ2v) is 27.7. The SMILES string of the molecule is CCc1c(NC[C@H](NS(=O)(=O)c2ccc(OC)cc2)C(=O)O)ncnc1N1CCC(c2ccc3c(n2)NCCC3)CC1.CCc1c(NC[C@H](NS(=O)(=O)c2ccc(OC)cc2)C(=O)OC(C)(C)C)ncnc1N1CCC(c2ccc3c(n2)NCCC3)CC1.FC(F)F.O=C(O)C(F)(F)F.O=CO. The number of pyridine rings is 2. The number of hydrogen-bond acceptors (Lipinski definition) is 23. The minimum atomic E-state index is -5.08. The number of ether oxygens (including phenoxy) is 3. The van der Waals surface area contributed by atoms with Crippen molar-refractivity contribution in [3.05, 3.63) is 119 Å². The minimum Gasteiger partial charge on any atom is -0.497 e. The van der Waals surface area contributed by atoms with Crippen LogP contribution in [0.4, 0.5) is 61.2 Å². The molecule has 2 fully saturated rings. The number of halogens is 6. The number of benzene rings is 2. The van der Waals surface area contributed by atoms with E-state index in [-0.39, 0.29) is 29.4 Å². The fourth-order valence-electron chi connectivity index (χ4n) is 11.4. The molecule has 4 aromatic heterocycles. The first kappa shape index (κ1) is 81.5. The van der Waals surface area contributed by atoms with Gasteiger partial charge in [-0.25, -0.2) is 51.5 Å². The molecule has 2 aromatic carbocycles. The molecule has 558 valence electrons. The van der Waals surface area contributed by atoms with Crippen LogP contribution in [0.25, 0.3) is 0 Å². The number of methoxy groups -OCH3 is 2. The number of carboxylic acid groups (broad SMARTS) is 3. The van der Waals surface area contributed by atoms with Crippen molar-refractivity contribution in [2.45, 2.75) is 151 Å². The number of rotatable bonds is 22. The first-order valence-electron chi connectivity index (χ1n) is 32.6. The van der Waals surface area contributed by atoms with E-state index in [9.17, 15) is 57.9 Å². The van der Waals surface area contributed by atoms with E-state index in [2.05, 4.69) is 84.7 Å². The quantitative estimate of drug-likeness (QED) is 0.0174. The first-order chi connectivity index (χ1) is 48.3. The molecule has 0 unspecified atom stereocenters. The number of aliphatic carboxylic acids is 2. The summed E-state index contributed by atoms with van der Waals surface area (Å²) >= 11 is 0. The van der Waals surface area contributed by atoms with Gasteiger partial charge < -0.3 is 60.6 Å². The molecule has 2 saturated heterocycles. The summed E-state index contributed by atoms with van der Waals surface area (Å²) in [6.45, 7) is 10.2. The van der Waals surface area contributed by atoms with Crippen molar-refractivity contribution in [2.24, 2.45) is 0 Å². The summed E-state index contributed by atoms with van der Waals surface area (Å²) in [7, 11) is -5.17. The van der Waals surface area contributed by atoms with E-state index in [0.29, 0.717) is 47.8 Å². The average Bonchev–Trinajstić information content (AvgIpc) is 0.810. The topological polar surface area (TPSA) is 381 Å². The van der Waals surface area contributed by atoms with Gasteiger partial charge >= 0.3 is 30.8 Å². The normalized spacial score (nSPS) is 15.3. The lowest BCUT2D eigenvalue weighted by Gasteiger charge is -2.34. The van der Waals surface area contributed by atoms with Crippen LogP contribution in [0.1, 0.15) is 119 Å². The number of fused-ring (bicyclic) bond motifs is 2. The molecular weight excluding hydrogens is 1390 g/mol.